The summed E-state index contributed by atoms with van der Waals surface area (Å²) in [7, 11) is 0. The molecule has 2 heterocycles. The first kappa shape index (κ1) is 40.7. The van der Waals surface area contributed by atoms with Crippen molar-refractivity contribution in [3.05, 3.63) is 141 Å². The molecule has 11 nitrogen and oxygen atoms in total. The van der Waals surface area contributed by atoms with E-state index in [1.807, 2.05) is 18.2 Å². The Balaban J connectivity index is 0.858. The van der Waals surface area contributed by atoms with Gasteiger partial charge in [-0.1, -0.05) is 67.1 Å². The second-order valence-electron chi connectivity index (χ2n) is 15.6. The summed E-state index contributed by atoms with van der Waals surface area (Å²) in [6.07, 6.45) is 7.48. The van der Waals surface area contributed by atoms with E-state index in [-0.39, 0.29) is 29.7 Å². The number of rotatable bonds is 17. The Bertz CT molecular complexity index is 2210. The molecule has 304 valence electrons. The number of fused-ring (bicyclic) bond motifs is 1. The van der Waals surface area contributed by atoms with Crippen LogP contribution in [0, 0.1) is 5.92 Å². The number of nitrogens with one attached hydrogen (secondary N) is 2. The Morgan fingerprint density at radius 2 is 1.64 bits per heavy atom. The van der Waals surface area contributed by atoms with Gasteiger partial charge < -0.3 is 40.0 Å². The third-order valence-electron chi connectivity index (χ3n) is 11.7. The number of pyridine rings is 1. The van der Waals surface area contributed by atoms with E-state index in [9.17, 15) is 29.7 Å². The largest absolute Gasteiger partial charge is 0.506 e. The fraction of sp³-hybridized carbons (Fsp3) is 0.383. The van der Waals surface area contributed by atoms with Crippen molar-refractivity contribution in [2.24, 2.45) is 5.92 Å². The van der Waals surface area contributed by atoms with Crippen LogP contribution in [0.1, 0.15) is 90.1 Å². The van der Waals surface area contributed by atoms with Crippen molar-refractivity contribution in [1.82, 2.24) is 15.2 Å². The highest BCUT2D eigenvalue weighted by atomic mass is 16.5. The number of esters is 1. The summed E-state index contributed by atoms with van der Waals surface area (Å²) in [6, 6.07) is 30.0. The number of ether oxygens (including phenoxy) is 2. The van der Waals surface area contributed by atoms with Gasteiger partial charge in [-0.3, -0.25) is 9.59 Å². The Morgan fingerprint density at radius 3 is 2.38 bits per heavy atom. The first-order chi connectivity index (χ1) is 28.2. The van der Waals surface area contributed by atoms with Gasteiger partial charge in [0.25, 0.3) is 5.91 Å². The first-order valence-corrected chi connectivity index (χ1v) is 20.5. The number of aromatic amines is 1. The molecule has 1 amide bonds. The fourth-order valence-electron chi connectivity index (χ4n) is 8.02. The molecule has 1 saturated carbocycles. The third kappa shape index (κ3) is 9.61. The molecule has 11 heteroatoms. The number of hydrogen-bond acceptors (Lipinski definition) is 9. The molecular weight excluding hydrogens is 735 g/mol. The molecule has 1 aromatic heterocycles. The summed E-state index contributed by atoms with van der Waals surface area (Å²) >= 11 is 0. The number of aromatic hydroxyl groups is 1. The van der Waals surface area contributed by atoms with Crippen LogP contribution in [0.2, 0.25) is 0 Å². The zero-order valence-electron chi connectivity index (χ0n) is 32.8. The Labute approximate surface area is 338 Å². The van der Waals surface area contributed by atoms with Gasteiger partial charge in [-0.2, -0.15) is 0 Å². The highest BCUT2D eigenvalue weighted by Crippen LogP contribution is 2.35. The topological polar surface area (TPSA) is 161 Å². The van der Waals surface area contributed by atoms with Crippen LogP contribution in [0.3, 0.4) is 0 Å². The predicted molar refractivity (Wildman–Crippen MR) is 222 cm³/mol. The van der Waals surface area contributed by atoms with Crippen molar-refractivity contribution >= 4 is 22.8 Å². The van der Waals surface area contributed by atoms with Gasteiger partial charge in [-0.05, 0) is 123 Å². The van der Waals surface area contributed by atoms with Gasteiger partial charge in [-0.25, -0.2) is 4.79 Å². The maximum Gasteiger partial charge on any atom is 0.347 e. The molecule has 0 bridgehead atoms. The second-order valence-corrected chi connectivity index (χ2v) is 15.6. The number of benzene rings is 4. The lowest BCUT2D eigenvalue weighted by Gasteiger charge is -2.41. The number of aliphatic hydroxyl groups excluding tert-OH is 1. The van der Waals surface area contributed by atoms with Gasteiger partial charge in [0.05, 0.1) is 24.8 Å². The minimum atomic E-state index is -2.01. The number of amides is 1. The van der Waals surface area contributed by atoms with E-state index in [1.54, 1.807) is 72.8 Å². The molecule has 1 aliphatic carbocycles. The van der Waals surface area contributed by atoms with Crippen molar-refractivity contribution in [2.75, 3.05) is 32.8 Å². The first-order valence-electron chi connectivity index (χ1n) is 20.5. The van der Waals surface area contributed by atoms with E-state index in [0.29, 0.717) is 83.8 Å². The van der Waals surface area contributed by atoms with Crippen molar-refractivity contribution in [1.29, 1.82) is 0 Å². The SMILES string of the molecule is O=C(NCCCOc1cccc([C@](O)(C(=O)OCC2CCN(C3CCC3)CC2)c2ccccc2)c1)c1ccc(CCC[C@H](O)c2ccc(O)c3[nH]c(=O)ccc23)cc1. The van der Waals surface area contributed by atoms with E-state index in [2.05, 4.69) is 15.2 Å². The number of aryl methyl sites for hydroxylation is 1. The zero-order chi connectivity index (χ0) is 40.5. The predicted octanol–water partition coefficient (Wildman–Crippen LogP) is 6.53. The second kappa shape index (κ2) is 18.8. The summed E-state index contributed by atoms with van der Waals surface area (Å²) < 4.78 is 11.9. The number of aromatic nitrogens is 1. The molecule has 0 unspecified atom stereocenters. The monoisotopic (exact) mass is 787 g/mol. The smallest absolute Gasteiger partial charge is 0.347 e. The average Bonchev–Trinajstić information content (AvgIpc) is 3.23. The van der Waals surface area contributed by atoms with Crippen molar-refractivity contribution in [2.45, 2.75) is 75.5 Å². The van der Waals surface area contributed by atoms with Gasteiger partial charge in [0, 0.05) is 35.2 Å². The van der Waals surface area contributed by atoms with Crippen LogP contribution in [0.15, 0.2) is 108 Å². The normalized spacial score (nSPS) is 16.6. The molecule has 5 aromatic rings. The van der Waals surface area contributed by atoms with Crippen LogP contribution in [0.4, 0.5) is 0 Å². The average molecular weight is 788 g/mol. The lowest BCUT2D eigenvalue weighted by Crippen LogP contribution is -2.45. The van der Waals surface area contributed by atoms with E-state index in [4.69, 9.17) is 9.47 Å². The molecule has 7 rings (SSSR count). The third-order valence-corrected chi connectivity index (χ3v) is 11.7. The number of likely N-dealkylation sites (tertiary alicyclic amines) is 1. The minimum absolute atomic E-state index is 0.0443. The number of piperidine rings is 1. The standard InChI is InChI=1S/C47H53N3O8/c51-41(39-20-22-42(52)44-40(39)21-23-43(53)49-44)15-4-8-32-16-18-34(19-17-32)45(54)48-26-7-29-57-38-14-5-11-36(30-38)47(56,35-9-2-1-3-10-35)46(55)58-31-33-24-27-50(28-25-33)37-12-6-13-37/h1-3,5,9-11,14,16-23,30,33,37,41,51-52,56H,4,6-8,12-13,15,24-29,31H2,(H,48,54)(H,49,53)/t41-,47-/m0/s1. The van der Waals surface area contributed by atoms with Gasteiger partial charge in [-0.15, -0.1) is 0 Å². The lowest BCUT2D eigenvalue weighted by molar-refractivity contribution is -0.164. The van der Waals surface area contributed by atoms with Crippen molar-refractivity contribution in [3.8, 4) is 11.5 Å². The molecule has 0 radical (unpaired) electrons. The number of H-pyrrole nitrogens is 1. The Hall–Kier alpha value is -5.49. The lowest BCUT2D eigenvalue weighted by atomic mass is 9.86. The summed E-state index contributed by atoms with van der Waals surface area (Å²) in [6.45, 7) is 3.02. The van der Waals surface area contributed by atoms with Crippen molar-refractivity contribution in [3.63, 3.8) is 0 Å². The maximum atomic E-state index is 13.7. The molecule has 2 fully saturated rings. The molecule has 2 atom stereocenters. The molecule has 1 saturated heterocycles. The van der Waals surface area contributed by atoms with E-state index in [0.717, 1.165) is 31.5 Å². The van der Waals surface area contributed by atoms with E-state index >= 15 is 0 Å². The molecule has 0 spiro atoms. The molecule has 4 aromatic carbocycles. The number of phenols is 1. The van der Waals surface area contributed by atoms with E-state index in [1.165, 1.54) is 31.4 Å². The van der Waals surface area contributed by atoms with Crippen LogP contribution < -0.4 is 15.6 Å². The van der Waals surface area contributed by atoms with Crippen molar-refractivity contribution < 1.29 is 34.4 Å². The van der Waals surface area contributed by atoms with Gasteiger partial charge in [0.1, 0.15) is 11.5 Å². The van der Waals surface area contributed by atoms with Crippen LogP contribution in [0.25, 0.3) is 10.9 Å². The number of hydrogen-bond donors (Lipinski definition) is 5. The molecular formula is C47H53N3O8. The number of carbonyl (C=O) groups is 2. The van der Waals surface area contributed by atoms with Gasteiger partial charge in [0.15, 0.2) is 0 Å². The summed E-state index contributed by atoms with van der Waals surface area (Å²) in [5.74, 6) is -0.186. The van der Waals surface area contributed by atoms with E-state index < -0.39 is 17.7 Å². The molecule has 1 aliphatic heterocycles. The Morgan fingerprint density at radius 1 is 0.879 bits per heavy atom. The molecule has 2 aliphatic rings. The number of aliphatic hydroxyl groups is 2. The maximum absolute atomic E-state index is 13.7. The van der Waals surface area contributed by atoms with Gasteiger partial charge in [0.2, 0.25) is 11.2 Å². The Kier molecular flexibility index (Phi) is 13.2. The highest BCUT2D eigenvalue weighted by molar-refractivity contribution is 5.94. The summed E-state index contributed by atoms with van der Waals surface area (Å²) in [5.41, 5.74) is 0.967. The number of carbonyl (C=O) groups excluding carboxylic acids is 2. The number of nitrogens with zero attached hydrogens (tertiary/aromatic N) is 1. The van der Waals surface area contributed by atoms with Crippen LogP contribution in [-0.2, 0) is 21.6 Å². The molecule has 58 heavy (non-hydrogen) atoms. The van der Waals surface area contributed by atoms with Crippen LogP contribution in [-0.4, -0.2) is 76.0 Å². The quantitative estimate of drug-likeness (QED) is 0.0521. The fourth-order valence-corrected chi connectivity index (χ4v) is 8.02. The zero-order valence-corrected chi connectivity index (χ0v) is 32.8. The summed E-state index contributed by atoms with van der Waals surface area (Å²) in [5, 5.41) is 36.6. The van der Waals surface area contributed by atoms with Crippen LogP contribution >= 0.6 is 0 Å². The van der Waals surface area contributed by atoms with Gasteiger partial charge >= 0.3 is 5.97 Å². The highest BCUT2D eigenvalue weighted by Gasteiger charge is 2.42. The minimum Gasteiger partial charge on any atom is -0.506 e. The van der Waals surface area contributed by atoms with Crippen LogP contribution in [0.5, 0.6) is 11.5 Å². The molecule has 5 N–H and O–H groups in total. The summed E-state index contributed by atoms with van der Waals surface area (Å²) in [4.78, 5) is 43.5. The number of phenolic OH excluding ortho intramolecular Hbond substituents is 1.